The number of amides is 1. The molecule has 0 saturated heterocycles. The summed E-state index contributed by atoms with van der Waals surface area (Å²) in [4.78, 5) is 30.4. The average Bonchev–Trinajstić information content (AvgIpc) is 2.37. The first-order valence-electron chi connectivity index (χ1n) is 5.16. The van der Waals surface area contributed by atoms with Gasteiger partial charge in [0.1, 0.15) is 5.69 Å². The molecule has 1 aromatic heterocycles. The van der Waals surface area contributed by atoms with Gasteiger partial charge in [0.05, 0.1) is 5.52 Å². The van der Waals surface area contributed by atoms with Gasteiger partial charge in [0, 0.05) is 5.39 Å². The molecule has 92 valence electrons. The van der Waals surface area contributed by atoms with Gasteiger partial charge in [-0.2, -0.15) is 0 Å². The minimum absolute atomic E-state index is 0.166. The summed E-state index contributed by atoms with van der Waals surface area (Å²) in [5.74, 6) is -1.75. The molecule has 0 saturated carbocycles. The van der Waals surface area contributed by atoms with Crippen molar-refractivity contribution in [2.24, 2.45) is 0 Å². The molecule has 18 heavy (non-hydrogen) atoms. The topological polar surface area (TPSA) is 88.5 Å². The SMILES string of the molecule is O=C(O)CONC(=O)c1ccc2ccccc2n1. The Morgan fingerprint density at radius 1 is 1.22 bits per heavy atom. The number of carboxylic acids is 1. The van der Waals surface area contributed by atoms with Crippen molar-refractivity contribution in [3.05, 3.63) is 42.1 Å². The van der Waals surface area contributed by atoms with Crippen LogP contribution in [0.15, 0.2) is 36.4 Å². The number of benzene rings is 1. The summed E-state index contributed by atoms with van der Waals surface area (Å²) >= 11 is 0. The lowest BCUT2D eigenvalue weighted by Gasteiger charge is -2.04. The predicted molar refractivity (Wildman–Crippen MR) is 62.8 cm³/mol. The second-order valence-electron chi connectivity index (χ2n) is 3.50. The van der Waals surface area contributed by atoms with Crippen LogP contribution in [0.3, 0.4) is 0 Å². The Morgan fingerprint density at radius 3 is 2.78 bits per heavy atom. The highest BCUT2D eigenvalue weighted by Gasteiger charge is 2.08. The van der Waals surface area contributed by atoms with E-state index in [0.717, 1.165) is 5.39 Å². The second-order valence-corrected chi connectivity index (χ2v) is 3.50. The molecule has 1 heterocycles. The first-order chi connectivity index (χ1) is 8.66. The van der Waals surface area contributed by atoms with Gasteiger partial charge in [0.25, 0.3) is 5.91 Å². The zero-order valence-corrected chi connectivity index (χ0v) is 9.29. The largest absolute Gasteiger partial charge is 0.479 e. The van der Waals surface area contributed by atoms with Gasteiger partial charge in [0.2, 0.25) is 0 Å². The monoisotopic (exact) mass is 246 g/mol. The smallest absolute Gasteiger partial charge is 0.332 e. The first kappa shape index (κ1) is 12.0. The van der Waals surface area contributed by atoms with E-state index in [9.17, 15) is 9.59 Å². The summed E-state index contributed by atoms with van der Waals surface area (Å²) in [6, 6.07) is 10.7. The summed E-state index contributed by atoms with van der Waals surface area (Å²) in [6.45, 7) is -0.598. The molecule has 1 aromatic carbocycles. The summed E-state index contributed by atoms with van der Waals surface area (Å²) in [5, 5.41) is 9.26. The quantitative estimate of drug-likeness (QED) is 0.785. The van der Waals surface area contributed by atoms with Crippen molar-refractivity contribution in [1.82, 2.24) is 10.5 Å². The minimum atomic E-state index is -1.17. The number of pyridine rings is 1. The summed E-state index contributed by atoms with van der Waals surface area (Å²) < 4.78 is 0. The number of carboxylic acid groups (broad SMARTS) is 1. The number of hydrogen-bond donors (Lipinski definition) is 2. The van der Waals surface area contributed by atoms with Gasteiger partial charge in [0.15, 0.2) is 6.61 Å². The molecule has 1 amide bonds. The highest BCUT2D eigenvalue weighted by atomic mass is 16.7. The molecule has 0 fully saturated rings. The van der Waals surface area contributed by atoms with Crippen LogP contribution in [0.1, 0.15) is 10.5 Å². The maximum Gasteiger partial charge on any atom is 0.332 e. The number of fused-ring (bicyclic) bond motifs is 1. The fourth-order valence-corrected chi connectivity index (χ4v) is 1.41. The third-order valence-electron chi connectivity index (χ3n) is 2.19. The van der Waals surface area contributed by atoms with Gasteiger partial charge >= 0.3 is 5.97 Å². The lowest BCUT2D eigenvalue weighted by Crippen LogP contribution is -2.27. The Bertz CT molecular complexity index is 597. The molecule has 0 aliphatic carbocycles. The van der Waals surface area contributed by atoms with E-state index in [1.54, 1.807) is 18.2 Å². The molecule has 2 N–H and O–H groups in total. The Morgan fingerprint density at radius 2 is 2.00 bits per heavy atom. The van der Waals surface area contributed by atoms with E-state index in [1.165, 1.54) is 0 Å². The number of aliphatic carboxylic acids is 1. The first-order valence-corrected chi connectivity index (χ1v) is 5.16. The van der Waals surface area contributed by atoms with Crippen molar-refractivity contribution >= 4 is 22.8 Å². The van der Waals surface area contributed by atoms with Gasteiger partial charge in [-0.05, 0) is 12.1 Å². The molecule has 0 radical (unpaired) electrons. The average molecular weight is 246 g/mol. The van der Waals surface area contributed by atoms with Gasteiger partial charge in [-0.15, -0.1) is 0 Å². The number of hydroxylamine groups is 1. The molecule has 0 bridgehead atoms. The Kier molecular flexibility index (Phi) is 3.49. The molecular weight excluding hydrogens is 236 g/mol. The van der Waals surface area contributed by atoms with Gasteiger partial charge in [-0.1, -0.05) is 24.3 Å². The molecule has 2 rings (SSSR count). The van der Waals surface area contributed by atoms with E-state index in [-0.39, 0.29) is 5.69 Å². The standard InChI is InChI=1S/C12H10N2O4/c15-11(16)7-18-14-12(17)10-6-5-8-3-1-2-4-9(8)13-10/h1-6H,7H2,(H,14,17)(H,15,16). The van der Waals surface area contributed by atoms with E-state index in [0.29, 0.717) is 5.52 Å². The zero-order chi connectivity index (χ0) is 13.0. The van der Waals surface area contributed by atoms with Crippen LogP contribution >= 0.6 is 0 Å². The van der Waals surface area contributed by atoms with Crippen molar-refractivity contribution in [2.45, 2.75) is 0 Å². The van der Waals surface area contributed by atoms with E-state index in [1.807, 2.05) is 23.7 Å². The van der Waals surface area contributed by atoms with E-state index in [4.69, 9.17) is 5.11 Å². The number of carbonyl (C=O) groups excluding carboxylic acids is 1. The normalized spacial score (nSPS) is 10.2. The van der Waals surface area contributed by atoms with Crippen molar-refractivity contribution in [3.8, 4) is 0 Å². The molecule has 2 aromatic rings. The maximum atomic E-state index is 11.6. The Labute approximate surface area is 102 Å². The van der Waals surface area contributed by atoms with E-state index in [2.05, 4.69) is 9.82 Å². The fourth-order valence-electron chi connectivity index (χ4n) is 1.41. The van der Waals surface area contributed by atoms with Gasteiger partial charge in [-0.3, -0.25) is 9.63 Å². The van der Waals surface area contributed by atoms with Crippen LogP contribution in [0.4, 0.5) is 0 Å². The lowest BCUT2D eigenvalue weighted by atomic mass is 10.2. The van der Waals surface area contributed by atoms with Gasteiger partial charge in [-0.25, -0.2) is 15.3 Å². The lowest BCUT2D eigenvalue weighted by molar-refractivity contribution is -0.144. The van der Waals surface area contributed by atoms with Crippen LogP contribution in [0.5, 0.6) is 0 Å². The molecule has 6 nitrogen and oxygen atoms in total. The molecule has 0 unspecified atom stereocenters. The second kappa shape index (κ2) is 5.24. The summed E-state index contributed by atoms with van der Waals surface area (Å²) in [6.07, 6.45) is 0. The molecule has 0 aliphatic heterocycles. The van der Waals surface area contributed by atoms with Crippen LogP contribution in [0.2, 0.25) is 0 Å². The molecule has 0 atom stereocenters. The number of aromatic nitrogens is 1. The fraction of sp³-hybridized carbons (Fsp3) is 0.0833. The zero-order valence-electron chi connectivity index (χ0n) is 9.29. The molecule has 0 spiro atoms. The van der Waals surface area contributed by atoms with Crippen LogP contribution in [0, 0.1) is 0 Å². The number of para-hydroxylation sites is 1. The van der Waals surface area contributed by atoms with Crippen LogP contribution < -0.4 is 5.48 Å². The van der Waals surface area contributed by atoms with E-state index >= 15 is 0 Å². The number of nitrogens with zero attached hydrogens (tertiary/aromatic N) is 1. The Balaban J connectivity index is 2.10. The highest BCUT2D eigenvalue weighted by molar-refractivity contribution is 5.94. The number of nitrogens with one attached hydrogen (secondary N) is 1. The summed E-state index contributed by atoms with van der Waals surface area (Å²) in [5.41, 5.74) is 2.86. The maximum absolute atomic E-state index is 11.6. The molecule has 0 aliphatic rings. The third kappa shape index (κ3) is 2.80. The number of hydrogen-bond acceptors (Lipinski definition) is 4. The number of rotatable bonds is 4. The molecule has 6 heteroatoms. The Hall–Kier alpha value is -2.47. The highest BCUT2D eigenvalue weighted by Crippen LogP contribution is 2.11. The van der Waals surface area contributed by atoms with Crippen molar-refractivity contribution < 1.29 is 19.5 Å². The van der Waals surface area contributed by atoms with Crippen LogP contribution in [0.25, 0.3) is 10.9 Å². The van der Waals surface area contributed by atoms with E-state index < -0.39 is 18.5 Å². The van der Waals surface area contributed by atoms with Gasteiger partial charge < -0.3 is 5.11 Å². The van der Waals surface area contributed by atoms with Crippen molar-refractivity contribution in [3.63, 3.8) is 0 Å². The third-order valence-corrected chi connectivity index (χ3v) is 2.19. The van der Waals surface area contributed by atoms with Crippen molar-refractivity contribution in [1.29, 1.82) is 0 Å². The van der Waals surface area contributed by atoms with Crippen LogP contribution in [-0.2, 0) is 9.63 Å². The number of carbonyl (C=O) groups is 2. The van der Waals surface area contributed by atoms with Crippen LogP contribution in [-0.4, -0.2) is 28.6 Å². The summed E-state index contributed by atoms with van der Waals surface area (Å²) in [7, 11) is 0. The van der Waals surface area contributed by atoms with Crippen molar-refractivity contribution in [2.75, 3.05) is 6.61 Å². The minimum Gasteiger partial charge on any atom is -0.479 e. The molecular formula is C12H10N2O4. The predicted octanol–water partition coefficient (Wildman–Crippen LogP) is 0.981.